The number of amides is 3. The van der Waals surface area contributed by atoms with E-state index in [0.717, 1.165) is 4.90 Å². The van der Waals surface area contributed by atoms with Gasteiger partial charge < -0.3 is 5.32 Å². The molecular weight excluding hydrogens is 236 g/mol. The van der Waals surface area contributed by atoms with Crippen LogP contribution >= 0.6 is 0 Å². The normalized spacial score (nSPS) is 15.6. The van der Waals surface area contributed by atoms with Crippen molar-refractivity contribution in [1.29, 1.82) is 0 Å². The molecule has 0 bridgehead atoms. The molecule has 7 heteroatoms. The van der Waals surface area contributed by atoms with Crippen molar-refractivity contribution < 1.29 is 14.4 Å². The van der Waals surface area contributed by atoms with E-state index < -0.39 is 0 Å². The zero-order chi connectivity index (χ0) is 13.4. The van der Waals surface area contributed by atoms with Crippen LogP contribution in [0.15, 0.2) is 34.0 Å². The van der Waals surface area contributed by atoms with Gasteiger partial charge in [-0.05, 0) is 6.72 Å². The Balaban J connectivity index is 2.44. The molecule has 94 valence electrons. The molecule has 1 aliphatic rings. The fourth-order valence-corrected chi connectivity index (χ4v) is 1.30. The van der Waals surface area contributed by atoms with Crippen LogP contribution in [-0.4, -0.2) is 49.1 Å². The molecule has 1 rings (SSSR count). The standard InChI is InChI=1S/C11H12N4O3/c1-12-6-9(7-13-8-16)14-4-5-15-10(17)2-3-11(15)18/h2-3,6-8,14H,1,4-5H2/b9-6+,13-7?. The Morgan fingerprint density at radius 1 is 1.39 bits per heavy atom. The second kappa shape index (κ2) is 6.89. The van der Waals surface area contributed by atoms with Crippen molar-refractivity contribution in [2.24, 2.45) is 9.98 Å². The van der Waals surface area contributed by atoms with Gasteiger partial charge in [-0.3, -0.25) is 24.3 Å². The van der Waals surface area contributed by atoms with E-state index in [9.17, 15) is 14.4 Å². The van der Waals surface area contributed by atoms with Crippen LogP contribution in [-0.2, 0) is 14.4 Å². The van der Waals surface area contributed by atoms with Gasteiger partial charge >= 0.3 is 0 Å². The molecule has 3 amide bonds. The molecule has 18 heavy (non-hydrogen) atoms. The summed E-state index contributed by atoms with van der Waals surface area (Å²) in [5.41, 5.74) is 0.462. The minimum Gasteiger partial charge on any atom is -0.381 e. The molecule has 0 radical (unpaired) electrons. The van der Waals surface area contributed by atoms with E-state index in [1.165, 1.54) is 24.6 Å². The molecule has 0 saturated heterocycles. The van der Waals surface area contributed by atoms with Crippen molar-refractivity contribution >= 4 is 31.2 Å². The van der Waals surface area contributed by atoms with E-state index in [1.807, 2.05) is 0 Å². The van der Waals surface area contributed by atoms with Crippen LogP contribution in [0, 0.1) is 0 Å². The molecular formula is C11H12N4O3. The van der Waals surface area contributed by atoms with Crippen LogP contribution in [0.2, 0.25) is 0 Å². The van der Waals surface area contributed by atoms with E-state index in [0.29, 0.717) is 18.7 Å². The van der Waals surface area contributed by atoms with Gasteiger partial charge in [-0.2, -0.15) is 0 Å². The molecule has 0 atom stereocenters. The number of hydrogen-bond acceptors (Lipinski definition) is 5. The Labute approximate surface area is 104 Å². The van der Waals surface area contributed by atoms with Crippen molar-refractivity contribution in [3.8, 4) is 0 Å². The smallest absolute Gasteiger partial charge is 0.253 e. The van der Waals surface area contributed by atoms with E-state index in [2.05, 4.69) is 22.0 Å². The third-order valence-electron chi connectivity index (χ3n) is 2.07. The second-order valence-electron chi connectivity index (χ2n) is 3.24. The van der Waals surface area contributed by atoms with Crippen LogP contribution in [0.1, 0.15) is 0 Å². The number of rotatable bonds is 7. The summed E-state index contributed by atoms with van der Waals surface area (Å²) in [6, 6.07) is 0. The van der Waals surface area contributed by atoms with E-state index in [1.54, 1.807) is 0 Å². The Bertz CT molecular complexity index is 433. The van der Waals surface area contributed by atoms with E-state index in [4.69, 9.17) is 0 Å². The number of imide groups is 1. The summed E-state index contributed by atoms with van der Waals surface area (Å²) < 4.78 is 0. The van der Waals surface area contributed by atoms with Gasteiger partial charge in [0.25, 0.3) is 11.8 Å². The lowest BCUT2D eigenvalue weighted by Gasteiger charge is -2.14. The number of nitrogens with one attached hydrogen (secondary N) is 1. The molecule has 0 aliphatic carbocycles. The molecule has 1 aliphatic heterocycles. The quantitative estimate of drug-likeness (QED) is 0.365. The summed E-state index contributed by atoms with van der Waals surface area (Å²) in [6.45, 7) is 3.81. The third-order valence-corrected chi connectivity index (χ3v) is 2.07. The zero-order valence-corrected chi connectivity index (χ0v) is 9.57. The first-order chi connectivity index (χ1) is 8.69. The second-order valence-corrected chi connectivity index (χ2v) is 3.24. The Hall–Kier alpha value is -2.57. The van der Waals surface area contributed by atoms with Crippen LogP contribution in [0.4, 0.5) is 0 Å². The molecule has 1 N–H and O–H groups in total. The van der Waals surface area contributed by atoms with E-state index in [-0.39, 0.29) is 18.4 Å². The van der Waals surface area contributed by atoms with Gasteiger partial charge in [0.1, 0.15) is 0 Å². The van der Waals surface area contributed by atoms with Gasteiger partial charge in [-0.25, -0.2) is 4.99 Å². The molecule has 0 aromatic heterocycles. The molecule has 0 aromatic rings. The number of aliphatic imine (C=N–C) groups is 2. The maximum absolute atomic E-state index is 11.2. The van der Waals surface area contributed by atoms with Crippen LogP contribution in [0.3, 0.4) is 0 Å². The Kier molecular flexibility index (Phi) is 5.17. The first-order valence-corrected chi connectivity index (χ1v) is 5.09. The largest absolute Gasteiger partial charge is 0.381 e. The van der Waals surface area contributed by atoms with Crippen molar-refractivity contribution in [2.75, 3.05) is 13.1 Å². The maximum Gasteiger partial charge on any atom is 0.253 e. The number of hydrogen-bond donors (Lipinski definition) is 1. The third kappa shape index (κ3) is 3.78. The number of carbonyl (C=O) groups is 3. The number of nitrogens with zero attached hydrogens (tertiary/aromatic N) is 3. The van der Waals surface area contributed by atoms with Crippen LogP contribution in [0.25, 0.3) is 0 Å². The fraction of sp³-hybridized carbons (Fsp3) is 0.182. The lowest BCUT2D eigenvalue weighted by Crippen LogP contribution is -2.36. The summed E-state index contributed by atoms with van der Waals surface area (Å²) >= 11 is 0. The topological polar surface area (TPSA) is 91.2 Å². The lowest BCUT2D eigenvalue weighted by molar-refractivity contribution is -0.136. The summed E-state index contributed by atoms with van der Waals surface area (Å²) in [6.07, 6.45) is 5.47. The molecule has 0 spiro atoms. The molecule has 0 aromatic carbocycles. The highest BCUT2D eigenvalue weighted by Crippen LogP contribution is 2.01. The Morgan fingerprint density at radius 3 is 2.61 bits per heavy atom. The summed E-state index contributed by atoms with van der Waals surface area (Å²) in [5, 5.41) is 2.87. The highest BCUT2D eigenvalue weighted by Gasteiger charge is 2.22. The number of carbonyl (C=O) groups excluding carboxylic acids is 3. The summed E-state index contributed by atoms with van der Waals surface area (Å²) in [4.78, 5) is 40.6. The highest BCUT2D eigenvalue weighted by molar-refractivity contribution is 6.12. The van der Waals surface area contributed by atoms with Crippen molar-refractivity contribution in [1.82, 2.24) is 10.2 Å². The highest BCUT2D eigenvalue weighted by atomic mass is 16.2. The fourth-order valence-electron chi connectivity index (χ4n) is 1.30. The van der Waals surface area contributed by atoms with Gasteiger partial charge in [0, 0.05) is 25.2 Å². The number of allylic oxidation sites excluding steroid dienone is 1. The zero-order valence-electron chi connectivity index (χ0n) is 9.57. The maximum atomic E-state index is 11.2. The van der Waals surface area contributed by atoms with Crippen LogP contribution < -0.4 is 5.32 Å². The van der Waals surface area contributed by atoms with Gasteiger partial charge in [0.2, 0.25) is 6.41 Å². The summed E-state index contributed by atoms with van der Waals surface area (Å²) in [5.74, 6) is -0.675. The molecule has 1 heterocycles. The van der Waals surface area contributed by atoms with Crippen LogP contribution in [0.5, 0.6) is 0 Å². The van der Waals surface area contributed by atoms with Gasteiger partial charge in [-0.15, -0.1) is 0 Å². The molecule has 0 fully saturated rings. The first kappa shape index (κ1) is 13.5. The SMILES string of the molecule is C=N/C=C(\C=NC=O)NCCN1C(=O)C=CC1=O. The molecule has 7 nitrogen and oxygen atoms in total. The summed E-state index contributed by atoms with van der Waals surface area (Å²) in [7, 11) is 0. The molecule has 0 unspecified atom stereocenters. The lowest BCUT2D eigenvalue weighted by atomic mass is 10.4. The molecule has 0 saturated carbocycles. The minimum atomic E-state index is -0.337. The Morgan fingerprint density at radius 2 is 2.06 bits per heavy atom. The van der Waals surface area contributed by atoms with Crippen molar-refractivity contribution in [2.45, 2.75) is 0 Å². The van der Waals surface area contributed by atoms with Gasteiger partial charge in [0.05, 0.1) is 18.1 Å². The monoisotopic (exact) mass is 248 g/mol. The minimum absolute atomic E-state index is 0.216. The van der Waals surface area contributed by atoms with Crippen molar-refractivity contribution in [3.05, 3.63) is 24.0 Å². The van der Waals surface area contributed by atoms with Gasteiger partial charge in [0.15, 0.2) is 0 Å². The van der Waals surface area contributed by atoms with Gasteiger partial charge in [-0.1, -0.05) is 0 Å². The van der Waals surface area contributed by atoms with Crippen molar-refractivity contribution in [3.63, 3.8) is 0 Å². The predicted octanol–water partition coefficient (Wildman–Crippen LogP) is -0.730. The first-order valence-electron chi connectivity index (χ1n) is 5.09. The van der Waals surface area contributed by atoms with E-state index >= 15 is 0 Å². The predicted molar refractivity (Wildman–Crippen MR) is 66.1 cm³/mol. The average Bonchev–Trinajstić information content (AvgIpc) is 2.67. The average molecular weight is 248 g/mol.